The smallest absolute Gasteiger partial charge is 0.261 e. The number of halogens is 1. The third-order valence-electron chi connectivity index (χ3n) is 5.03. The lowest BCUT2D eigenvalue weighted by Crippen LogP contribution is -2.34. The van der Waals surface area contributed by atoms with Crippen LogP contribution in [0.5, 0.6) is 5.75 Å². The summed E-state index contributed by atoms with van der Waals surface area (Å²) in [5.41, 5.74) is 2.09. The summed E-state index contributed by atoms with van der Waals surface area (Å²) in [6.07, 6.45) is 0. The van der Waals surface area contributed by atoms with Gasteiger partial charge in [0.2, 0.25) is 0 Å². The van der Waals surface area contributed by atoms with Crippen LogP contribution in [-0.4, -0.2) is 24.0 Å². The molecule has 0 fully saturated rings. The number of anilines is 2. The van der Waals surface area contributed by atoms with Gasteiger partial charge in [0.25, 0.3) is 11.8 Å². The van der Waals surface area contributed by atoms with E-state index in [4.69, 9.17) is 28.6 Å². The van der Waals surface area contributed by atoms with Crippen LogP contribution in [0, 0.1) is 0 Å². The lowest BCUT2D eigenvalue weighted by atomic mass is 10.1. The molecular formula is C26H20ClN3O3S. The van der Waals surface area contributed by atoms with Crippen molar-refractivity contribution in [3.63, 3.8) is 0 Å². The monoisotopic (exact) mass is 489 g/mol. The number of nitrogens with one attached hydrogen (secondary N) is 3. The molecule has 8 heteroatoms. The van der Waals surface area contributed by atoms with Crippen molar-refractivity contribution in [1.82, 2.24) is 5.32 Å². The molecule has 0 aromatic heterocycles. The molecule has 34 heavy (non-hydrogen) atoms. The van der Waals surface area contributed by atoms with Crippen LogP contribution in [-0.2, 0) is 0 Å². The van der Waals surface area contributed by atoms with Gasteiger partial charge >= 0.3 is 0 Å². The number of rotatable bonds is 5. The molecule has 6 nitrogen and oxygen atoms in total. The van der Waals surface area contributed by atoms with Crippen molar-refractivity contribution in [2.75, 3.05) is 17.7 Å². The van der Waals surface area contributed by atoms with Crippen molar-refractivity contribution in [3.05, 3.63) is 101 Å². The first-order valence-electron chi connectivity index (χ1n) is 10.3. The highest BCUT2D eigenvalue weighted by molar-refractivity contribution is 7.80. The van der Waals surface area contributed by atoms with Crippen LogP contribution in [0.3, 0.4) is 0 Å². The molecule has 3 N–H and O–H groups in total. The number of carbonyl (C=O) groups is 2. The lowest BCUT2D eigenvalue weighted by Gasteiger charge is -2.13. The summed E-state index contributed by atoms with van der Waals surface area (Å²) in [5.74, 6) is -0.195. The lowest BCUT2D eigenvalue weighted by molar-refractivity contribution is 0.0973. The van der Waals surface area contributed by atoms with Gasteiger partial charge in [-0.25, -0.2) is 0 Å². The van der Waals surface area contributed by atoms with E-state index in [1.54, 1.807) is 54.6 Å². The Bertz CT molecular complexity index is 1390. The van der Waals surface area contributed by atoms with Crippen molar-refractivity contribution in [1.29, 1.82) is 0 Å². The van der Waals surface area contributed by atoms with Gasteiger partial charge < -0.3 is 15.4 Å². The molecule has 0 saturated heterocycles. The van der Waals surface area contributed by atoms with E-state index >= 15 is 0 Å². The Kier molecular flexibility index (Phi) is 7.06. The van der Waals surface area contributed by atoms with Gasteiger partial charge in [-0.05, 0) is 77.6 Å². The van der Waals surface area contributed by atoms with E-state index in [-0.39, 0.29) is 16.9 Å². The normalized spacial score (nSPS) is 10.4. The predicted molar refractivity (Wildman–Crippen MR) is 140 cm³/mol. The molecule has 4 rings (SSSR count). The number of carbonyl (C=O) groups excluding carboxylic acids is 2. The van der Waals surface area contributed by atoms with Gasteiger partial charge in [0, 0.05) is 22.0 Å². The summed E-state index contributed by atoms with van der Waals surface area (Å²) in [4.78, 5) is 25.2. The van der Waals surface area contributed by atoms with Gasteiger partial charge in [0.1, 0.15) is 5.75 Å². The van der Waals surface area contributed by atoms with Gasteiger partial charge in [-0.3, -0.25) is 14.9 Å². The fourth-order valence-electron chi connectivity index (χ4n) is 3.37. The van der Waals surface area contributed by atoms with Crippen LogP contribution >= 0.6 is 23.8 Å². The average molecular weight is 490 g/mol. The third-order valence-corrected chi connectivity index (χ3v) is 5.47. The molecule has 0 aliphatic heterocycles. The molecule has 0 bridgehead atoms. The molecule has 0 radical (unpaired) electrons. The summed E-state index contributed by atoms with van der Waals surface area (Å²) in [6.45, 7) is 0. The Morgan fingerprint density at radius 3 is 2.09 bits per heavy atom. The number of benzene rings is 4. The van der Waals surface area contributed by atoms with Crippen LogP contribution in [0.1, 0.15) is 20.7 Å². The Balaban J connectivity index is 1.39. The topological polar surface area (TPSA) is 79.5 Å². The van der Waals surface area contributed by atoms with Crippen LogP contribution < -0.4 is 20.7 Å². The maximum atomic E-state index is 12.8. The average Bonchev–Trinajstić information content (AvgIpc) is 2.84. The second kappa shape index (κ2) is 10.3. The van der Waals surface area contributed by atoms with Gasteiger partial charge in [-0.1, -0.05) is 41.9 Å². The molecule has 0 heterocycles. The minimum Gasteiger partial charge on any atom is -0.496 e. The van der Waals surface area contributed by atoms with E-state index < -0.39 is 0 Å². The van der Waals surface area contributed by atoms with Gasteiger partial charge in [-0.2, -0.15) is 0 Å². The highest BCUT2D eigenvalue weighted by Gasteiger charge is 2.15. The van der Waals surface area contributed by atoms with E-state index in [9.17, 15) is 9.59 Å². The molecule has 0 aliphatic carbocycles. The number of methoxy groups -OCH3 is 1. The predicted octanol–water partition coefficient (Wildman–Crippen LogP) is 5.88. The fourth-order valence-corrected chi connectivity index (χ4v) is 3.77. The fraction of sp³-hybridized carbons (Fsp3) is 0.0385. The summed E-state index contributed by atoms with van der Waals surface area (Å²) < 4.78 is 5.39. The number of ether oxygens (including phenoxy) is 1. The Morgan fingerprint density at radius 1 is 0.794 bits per heavy atom. The van der Waals surface area contributed by atoms with E-state index in [1.165, 1.54) is 7.11 Å². The number of hydrogen-bond donors (Lipinski definition) is 3. The highest BCUT2D eigenvalue weighted by atomic mass is 35.5. The summed E-state index contributed by atoms with van der Waals surface area (Å²) in [7, 11) is 1.52. The summed E-state index contributed by atoms with van der Waals surface area (Å²) >= 11 is 11.2. The summed E-state index contributed by atoms with van der Waals surface area (Å²) in [5, 5.41) is 11.0. The molecule has 2 amide bonds. The van der Waals surface area contributed by atoms with E-state index in [1.807, 2.05) is 30.3 Å². The van der Waals surface area contributed by atoms with Crippen molar-refractivity contribution >= 4 is 62.9 Å². The Labute approximate surface area is 206 Å². The molecule has 170 valence electrons. The molecule has 0 unspecified atom stereocenters. The molecule has 0 atom stereocenters. The van der Waals surface area contributed by atoms with E-state index in [0.717, 1.165) is 10.8 Å². The second-order valence-electron chi connectivity index (χ2n) is 7.35. The zero-order chi connectivity index (χ0) is 24.1. The molecule has 4 aromatic carbocycles. The molecule has 4 aromatic rings. The third kappa shape index (κ3) is 5.51. The molecule has 0 saturated carbocycles. The number of hydrogen-bond acceptors (Lipinski definition) is 4. The second-order valence-corrected chi connectivity index (χ2v) is 8.19. The SMILES string of the molecule is COc1cc2ccccc2cc1C(=O)NC(=S)Nc1ccc(NC(=O)c2cccc(Cl)c2)cc1. The molecule has 0 spiro atoms. The van der Waals surface area contributed by atoms with E-state index in [0.29, 0.717) is 33.3 Å². The van der Waals surface area contributed by atoms with E-state index in [2.05, 4.69) is 16.0 Å². The quantitative estimate of drug-likeness (QED) is 0.305. The number of fused-ring (bicyclic) bond motifs is 1. The number of amides is 2. The molecular weight excluding hydrogens is 470 g/mol. The number of thiocarbonyl (C=S) groups is 1. The minimum atomic E-state index is -0.384. The van der Waals surface area contributed by atoms with Gasteiger partial charge in [-0.15, -0.1) is 0 Å². The highest BCUT2D eigenvalue weighted by Crippen LogP contribution is 2.26. The maximum absolute atomic E-state index is 12.8. The van der Waals surface area contributed by atoms with Crippen molar-refractivity contribution in [2.45, 2.75) is 0 Å². The Hall–Kier alpha value is -3.94. The first-order valence-corrected chi connectivity index (χ1v) is 11.1. The van der Waals surface area contributed by atoms with Crippen molar-refractivity contribution < 1.29 is 14.3 Å². The first kappa shape index (κ1) is 23.2. The van der Waals surface area contributed by atoms with Gasteiger partial charge in [0.15, 0.2) is 5.11 Å². The van der Waals surface area contributed by atoms with Crippen LogP contribution in [0.15, 0.2) is 84.9 Å². The standard InChI is InChI=1S/C26H20ClN3O3S/c1-33-23-15-17-6-3-2-5-16(17)14-22(23)25(32)30-26(34)29-21-11-9-20(10-12-21)28-24(31)18-7-4-8-19(27)13-18/h2-15H,1H3,(H,28,31)(H2,29,30,32,34). The largest absolute Gasteiger partial charge is 0.496 e. The maximum Gasteiger partial charge on any atom is 0.261 e. The first-order chi connectivity index (χ1) is 16.4. The van der Waals surface area contributed by atoms with Crippen molar-refractivity contribution in [2.24, 2.45) is 0 Å². The minimum absolute atomic E-state index is 0.135. The van der Waals surface area contributed by atoms with Gasteiger partial charge in [0.05, 0.1) is 12.7 Å². The zero-order valence-corrected chi connectivity index (χ0v) is 19.7. The van der Waals surface area contributed by atoms with Crippen LogP contribution in [0.4, 0.5) is 11.4 Å². The zero-order valence-electron chi connectivity index (χ0n) is 18.1. The van der Waals surface area contributed by atoms with Crippen LogP contribution in [0.2, 0.25) is 5.02 Å². The molecule has 0 aliphatic rings. The Morgan fingerprint density at radius 2 is 1.44 bits per heavy atom. The van der Waals surface area contributed by atoms with Crippen molar-refractivity contribution in [3.8, 4) is 5.75 Å². The van der Waals surface area contributed by atoms with Crippen LogP contribution in [0.25, 0.3) is 10.8 Å². The summed E-state index contributed by atoms with van der Waals surface area (Å²) in [6, 6.07) is 24.9.